The summed E-state index contributed by atoms with van der Waals surface area (Å²) in [5.74, 6) is 1.54. The maximum atomic E-state index is 5.75. The molecule has 0 radical (unpaired) electrons. The monoisotopic (exact) mass is 209 g/mol. The van der Waals surface area contributed by atoms with Crippen molar-refractivity contribution in [3.63, 3.8) is 0 Å². The van der Waals surface area contributed by atoms with Gasteiger partial charge in [-0.15, -0.1) is 0 Å². The molecule has 1 aliphatic heterocycles. The van der Waals surface area contributed by atoms with Crippen LogP contribution in [0.2, 0.25) is 0 Å². The second-order valence-electron chi connectivity index (χ2n) is 4.35. The molecule has 2 rings (SSSR count). The smallest absolute Gasteiger partial charge is 0.137 e. The van der Waals surface area contributed by atoms with Gasteiger partial charge in [-0.1, -0.05) is 5.16 Å². The van der Waals surface area contributed by atoms with E-state index < -0.39 is 0 Å². The van der Waals surface area contributed by atoms with Gasteiger partial charge < -0.3 is 15.6 Å². The molecule has 4 nitrogen and oxygen atoms in total. The molecule has 84 valence electrons. The molecule has 0 aromatic carbocycles. The highest BCUT2D eigenvalue weighted by atomic mass is 16.5. The summed E-state index contributed by atoms with van der Waals surface area (Å²) in [4.78, 5) is 0. The first-order chi connectivity index (χ1) is 7.22. The zero-order valence-corrected chi connectivity index (χ0v) is 9.42. The number of nitrogens with zero attached hydrogens (tertiary/aromatic N) is 1. The van der Waals surface area contributed by atoms with E-state index in [2.05, 4.69) is 10.5 Å². The second-order valence-corrected chi connectivity index (χ2v) is 4.35. The molecular weight excluding hydrogens is 190 g/mol. The van der Waals surface area contributed by atoms with E-state index >= 15 is 0 Å². The SMILES string of the molecule is Cc1noc(C)c1CC1NCCC1CN. The first-order valence-electron chi connectivity index (χ1n) is 5.57. The van der Waals surface area contributed by atoms with Gasteiger partial charge in [0.15, 0.2) is 0 Å². The predicted octanol–water partition coefficient (Wildman–Crippen LogP) is 0.771. The Balaban J connectivity index is 2.08. The third-order valence-electron chi connectivity index (χ3n) is 3.40. The molecule has 0 bridgehead atoms. The third-order valence-corrected chi connectivity index (χ3v) is 3.40. The Morgan fingerprint density at radius 2 is 2.33 bits per heavy atom. The van der Waals surface area contributed by atoms with Crippen molar-refractivity contribution in [2.75, 3.05) is 13.1 Å². The van der Waals surface area contributed by atoms with E-state index in [1.165, 1.54) is 12.0 Å². The van der Waals surface area contributed by atoms with E-state index in [9.17, 15) is 0 Å². The fourth-order valence-corrected chi connectivity index (χ4v) is 2.36. The molecule has 0 spiro atoms. The van der Waals surface area contributed by atoms with Crippen molar-refractivity contribution in [1.82, 2.24) is 10.5 Å². The zero-order valence-electron chi connectivity index (χ0n) is 9.42. The van der Waals surface area contributed by atoms with Crippen LogP contribution in [-0.4, -0.2) is 24.3 Å². The van der Waals surface area contributed by atoms with Crippen LogP contribution in [-0.2, 0) is 6.42 Å². The van der Waals surface area contributed by atoms with Gasteiger partial charge in [0.2, 0.25) is 0 Å². The normalized spacial score (nSPS) is 26.1. The molecule has 3 N–H and O–H groups in total. The van der Waals surface area contributed by atoms with Crippen molar-refractivity contribution in [3.05, 3.63) is 17.0 Å². The molecule has 1 fully saturated rings. The minimum atomic E-state index is 0.492. The fraction of sp³-hybridized carbons (Fsp3) is 0.727. The minimum absolute atomic E-state index is 0.492. The molecule has 1 aromatic rings. The first-order valence-corrected chi connectivity index (χ1v) is 5.57. The summed E-state index contributed by atoms with van der Waals surface area (Å²) < 4.78 is 5.17. The lowest BCUT2D eigenvalue weighted by Gasteiger charge is -2.17. The summed E-state index contributed by atoms with van der Waals surface area (Å²) >= 11 is 0. The Kier molecular flexibility index (Phi) is 3.07. The quantitative estimate of drug-likeness (QED) is 0.772. The summed E-state index contributed by atoms with van der Waals surface area (Å²) in [5.41, 5.74) is 8.00. The average Bonchev–Trinajstić information content (AvgIpc) is 2.79. The largest absolute Gasteiger partial charge is 0.361 e. The van der Waals surface area contributed by atoms with Gasteiger partial charge in [0, 0.05) is 11.6 Å². The van der Waals surface area contributed by atoms with E-state index in [0.717, 1.165) is 31.0 Å². The number of nitrogens with two attached hydrogens (primary N) is 1. The zero-order chi connectivity index (χ0) is 10.8. The van der Waals surface area contributed by atoms with E-state index in [1.807, 2.05) is 13.8 Å². The molecule has 0 aliphatic carbocycles. The minimum Gasteiger partial charge on any atom is -0.361 e. The van der Waals surface area contributed by atoms with Gasteiger partial charge >= 0.3 is 0 Å². The van der Waals surface area contributed by atoms with Gasteiger partial charge in [-0.05, 0) is 45.7 Å². The predicted molar refractivity (Wildman–Crippen MR) is 58.6 cm³/mol. The molecule has 2 heterocycles. The van der Waals surface area contributed by atoms with Gasteiger partial charge in [0.25, 0.3) is 0 Å². The topological polar surface area (TPSA) is 64.1 Å². The number of hydrogen-bond acceptors (Lipinski definition) is 4. The highest BCUT2D eigenvalue weighted by molar-refractivity contribution is 5.22. The van der Waals surface area contributed by atoms with Gasteiger partial charge in [-0.2, -0.15) is 0 Å². The van der Waals surface area contributed by atoms with Crippen LogP contribution in [0.25, 0.3) is 0 Å². The Labute approximate surface area is 90.2 Å². The lowest BCUT2D eigenvalue weighted by Crippen LogP contribution is -2.33. The van der Waals surface area contributed by atoms with E-state index in [1.54, 1.807) is 0 Å². The number of aromatic nitrogens is 1. The van der Waals surface area contributed by atoms with Crippen LogP contribution < -0.4 is 11.1 Å². The number of aryl methyl sites for hydroxylation is 2. The van der Waals surface area contributed by atoms with Crippen LogP contribution in [0.4, 0.5) is 0 Å². The molecule has 0 saturated carbocycles. The third kappa shape index (κ3) is 2.06. The Morgan fingerprint density at radius 1 is 1.53 bits per heavy atom. The molecule has 2 unspecified atom stereocenters. The number of nitrogens with one attached hydrogen (secondary N) is 1. The highest BCUT2D eigenvalue weighted by Gasteiger charge is 2.27. The van der Waals surface area contributed by atoms with Crippen LogP contribution in [0.15, 0.2) is 4.52 Å². The lowest BCUT2D eigenvalue weighted by atomic mass is 9.94. The van der Waals surface area contributed by atoms with E-state index in [4.69, 9.17) is 10.3 Å². The molecule has 1 saturated heterocycles. The molecular formula is C11H19N3O. The van der Waals surface area contributed by atoms with Crippen LogP contribution in [0.3, 0.4) is 0 Å². The average molecular weight is 209 g/mol. The Morgan fingerprint density at radius 3 is 2.93 bits per heavy atom. The summed E-state index contributed by atoms with van der Waals surface area (Å²) in [6, 6.07) is 0.492. The maximum absolute atomic E-state index is 5.75. The lowest BCUT2D eigenvalue weighted by molar-refractivity contribution is 0.390. The van der Waals surface area contributed by atoms with Crippen molar-refractivity contribution in [2.45, 2.75) is 32.7 Å². The van der Waals surface area contributed by atoms with Crippen molar-refractivity contribution in [3.8, 4) is 0 Å². The van der Waals surface area contributed by atoms with E-state index in [-0.39, 0.29) is 0 Å². The molecule has 2 atom stereocenters. The van der Waals surface area contributed by atoms with Crippen LogP contribution in [0.5, 0.6) is 0 Å². The number of hydrogen-bond donors (Lipinski definition) is 2. The van der Waals surface area contributed by atoms with Crippen LogP contribution in [0.1, 0.15) is 23.4 Å². The first kappa shape index (κ1) is 10.6. The van der Waals surface area contributed by atoms with Gasteiger partial charge in [0.05, 0.1) is 5.69 Å². The van der Waals surface area contributed by atoms with Gasteiger partial charge in [0.1, 0.15) is 5.76 Å². The summed E-state index contributed by atoms with van der Waals surface area (Å²) in [6.07, 6.45) is 2.17. The Hall–Kier alpha value is -0.870. The van der Waals surface area contributed by atoms with Crippen molar-refractivity contribution >= 4 is 0 Å². The molecule has 1 aliphatic rings. The fourth-order valence-electron chi connectivity index (χ4n) is 2.36. The molecule has 1 aromatic heterocycles. The summed E-state index contributed by atoms with van der Waals surface area (Å²) in [5, 5.41) is 7.48. The maximum Gasteiger partial charge on any atom is 0.137 e. The van der Waals surface area contributed by atoms with Gasteiger partial charge in [-0.3, -0.25) is 0 Å². The van der Waals surface area contributed by atoms with Gasteiger partial charge in [-0.25, -0.2) is 0 Å². The van der Waals surface area contributed by atoms with Crippen molar-refractivity contribution in [1.29, 1.82) is 0 Å². The molecule has 15 heavy (non-hydrogen) atoms. The van der Waals surface area contributed by atoms with Crippen molar-refractivity contribution < 1.29 is 4.52 Å². The number of rotatable bonds is 3. The second kappa shape index (κ2) is 4.33. The highest BCUT2D eigenvalue weighted by Crippen LogP contribution is 2.21. The Bertz CT molecular complexity index is 315. The summed E-state index contributed by atoms with van der Waals surface area (Å²) in [6.45, 7) is 5.82. The van der Waals surface area contributed by atoms with Crippen LogP contribution in [0, 0.1) is 19.8 Å². The molecule has 0 amide bonds. The molecule has 4 heteroatoms. The van der Waals surface area contributed by atoms with E-state index in [0.29, 0.717) is 12.0 Å². The standard InChI is InChI=1S/C11H19N3O/c1-7-10(8(2)15-14-7)5-11-9(6-12)3-4-13-11/h9,11,13H,3-6,12H2,1-2H3. The van der Waals surface area contributed by atoms with Crippen LogP contribution >= 0.6 is 0 Å². The summed E-state index contributed by atoms with van der Waals surface area (Å²) in [7, 11) is 0. The van der Waals surface area contributed by atoms with Crippen molar-refractivity contribution in [2.24, 2.45) is 11.7 Å².